The normalized spacial score (nSPS) is 12.1. The molecule has 0 saturated heterocycles. The van der Waals surface area contributed by atoms with Gasteiger partial charge in [-0.1, -0.05) is 13.8 Å². The van der Waals surface area contributed by atoms with Crippen LogP contribution in [-0.4, -0.2) is 31.6 Å². The van der Waals surface area contributed by atoms with E-state index < -0.39 is 6.04 Å². The van der Waals surface area contributed by atoms with E-state index in [1.807, 2.05) is 13.8 Å². The van der Waals surface area contributed by atoms with E-state index >= 15 is 0 Å². The van der Waals surface area contributed by atoms with Crippen molar-refractivity contribution in [3.05, 3.63) is 24.3 Å². The molecule has 20 heavy (non-hydrogen) atoms. The molecule has 0 fully saturated rings. The van der Waals surface area contributed by atoms with Crippen molar-refractivity contribution >= 4 is 23.2 Å². The van der Waals surface area contributed by atoms with Gasteiger partial charge in [0.05, 0.1) is 6.04 Å². The zero-order valence-corrected chi connectivity index (χ0v) is 12.0. The Morgan fingerprint density at radius 2 is 1.65 bits per heavy atom. The highest BCUT2D eigenvalue weighted by molar-refractivity contribution is 5.95. The molecule has 0 unspecified atom stereocenters. The molecule has 6 heteroatoms. The first kappa shape index (κ1) is 16.1. The standard InChI is InChI=1S/C14H21N3O3/c1-9(2)13(15)14(19)17-11-6-4-10(5-7-11)16-12(18)8-20-3/h4-7,9,13H,8,15H2,1-3H3,(H,16,18)(H,17,19)/t13-/m0/s1. The van der Waals surface area contributed by atoms with Gasteiger partial charge in [0.1, 0.15) is 6.61 Å². The molecule has 0 saturated carbocycles. The van der Waals surface area contributed by atoms with Gasteiger partial charge in [-0.05, 0) is 30.2 Å². The van der Waals surface area contributed by atoms with E-state index in [4.69, 9.17) is 10.5 Å². The monoisotopic (exact) mass is 279 g/mol. The lowest BCUT2D eigenvalue weighted by molar-refractivity contribution is -0.120. The molecule has 110 valence electrons. The van der Waals surface area contributed by atoms with Crippen LogP contribution in [-0.2, 0) is 14.3 Å². The van der Waals surface area contributed by atoms with Crippen LogP contribution in [0.1, 0.15) is 13.8 Å². The third-order valence-electron chi connectivity index (χ3n) is 2.73. The van der Waals surface area contributed by atoms with E-state index in [2.05, 4.69) is 10.6 Å². The molecule has 0 aliphatic heterocycles. The quantitative estimate of drug-likeness (QED) is 0.729. The maximum Gasteiger partial charge on any atom is 0.250 e. The molecule has 0 aliphatic carbocycles. The van der Waals surface area contributed by atoms with E-state index in [1.54, 1.807) is 24.3 Å². The summed E-state index contributed by atoms with van der Waals surface area (Å²) in [6.45, 7) is 3.78. The van der Waals surface area contributed by atoms with E-state index in [9.17, 15) is 9.59 Å². The number of ether oxygens (including phenoxy) is 1. The molecule has 1 rings (SSSR count). The predicted molar refractivity (Wildman–Crippen MR) is 78.4 cm³/mol. The Kier molecular flexibility index (Phi) is 6.14. The summed E-state index contributed by atoms with van der Waals surface area (Å²) in [4.78, 5) is 23.1. The first-order valence-corrected chi connectivity index (χ1v) is 6.39. The van der Waals surface area contributed by atoms with Crippen LogP contribution >= 0.6 is 0 Å². The van der Waals surface area contributed by atoms with Gasteiger partial charge in [-0.2, -0.15) is 0 Å². The van der Waals surface area contributed by atoms with Gasteiger partial charge in [0.2, 0.25) is 11.8 Å². The fourth-order valence-electron chi connectivity index (χ4n) is 1.49. The Morgan fingerprint density at radius 1 is 1.15 bits per heavy atom. The van der Waals surface area contributed by atoms with Gasteiger partial charge in [-0.25, -0.2) is 0 Å². The summed E-state index contributed by atoms with van der Waals surface area (Å²) in [5, 5.41) is 5.39. The fraction of sp³-hybridized carbons (Fsp3) is 0.429. The highest BCUT2D eigenvalue weighted by atomic mass is 16.5. The molecule has 1 aromatic rings. The lowest BCUT2D eigenvalue weighted by Gasteiger charge is -2.15. The number of nitrogens with two attached hydrogens (primary N) is 1. The molecule has 0 bridgehead atoms. The molecule has 6 nitrogen and oxygen atoms in total. The van der Waals surface area contributed by atoms with Crippen molar-refractivity contribution in [2.24, 2.45) is 11.7 Å². The SMILES string of the molecule is COCC(=O)Nc1ccc(NC(=O)[C@@H](N)C(C)C)cc1. The summed E-state index contributed by atoms with van der Waals surface area (Å²) in [6, 6.07) is 6.26. The molecule has 0 heterocycles. The molecular formula is C14H21N3O3. The van der Waals surface area contributed by atoms with Crippen molar-refractivity contribution in [1.82, 2.24) is 0 Å². The maximum absolute atomic E-state index is 11.8. The Labute approximate surface area is 118 Å². The second-order valence-corrected chi connectivity index (χ2v) is 4.82. The summed E-state index contributed by atoms with van der Waals surface area (Å²) in [6.07, 6.45) is 0. The minimum Gasteiger partial charge on any atom is -0.375 e. The first-order chi connectivity index (χ1) is 9.43. The highest BCUT2D eigenvalue weighted by Crippen LogP contribution is 2.14. The Bertz CT molecular complexity index is 457. The van der Waals surface area contributed by atoms with Crippen LogP contribution < -0.4 is 16.4 Å². The lowest BCUT2D eigenvalue weighted by atomic mass is 10.0. The van der Waals surface area contributed by atoms with Crippen LogP contribution in [0.4, 0.5) is 11.4 Å². The minimum absolute atomic E-state index is 0.00172. The summed E-state index contributed by atoms with van der Waals surface area (Å²) < 4.78 is 4.72. The smallest absolute Gasteiger partial charge is 0.250 e. The van der Waals surface area contributed by atoms with Gasteiger partial charge in [0, 0.05) is 18.5 Å². The van der Waals surface area contributed by atoms with E-state index in [-0.39, 0.29) is 24.3 Å². The van der Waals surface area contributed by atoms with E-state index in [1.165, 1.54) is 7.11 Å². The summed E-state index contributed by atoms with van der Waals surface area (Å²) in [5.74, 6) is -0.384. The minimum atomic E-state index is -0.545. The molecule has 4 N–H and O–H groups in total. The van der Waals surface area contributed by atoms with Gasteiger partial charge < -0.3 is 21.1 Å². The van der Waals surface area contributed by atoms with Gasteiger partial charge in [0.15, 0.2) is 0 Å². The molecule has 2 amide bonds. The number of hydrogen-bond acceptors (Lipinski definition) is 4. The molecule has 0 aliphatic rings. The number of methoxy groups -OCH3 is 1. The summed E-state index contributed by atoms with van der Waals surface area (Å²) in [5.41, 5.74) is 7.03. The molecular weight excluding hydrogens is 258 g/mol. The van der Waals surface area contributed by atoms with Crippen LogP contribution in [0.5, 0.6) is 0 Å². The number of amides is 2. The highest BCUT2D eigenvalue weighted by Gasteiger charge is 2.16. The number of nitrogens with one attached hydrogen (secondary N) is 2. The summed E-state index contributed by atoms with van der Waals surface area (Å²) >= 11 is 0. The van der Waals surface area contributed by atoms with Gasteiger partial charge in [0.25, 0.3) is 0 Å². The van der Waals surface area contributed by atoms with Gasteiger partial charge >= 0.3 is 0 Å². The number of benzene rings is 1. The van der Waals surface area contributed by atoms with Crippen molar-refractivity contribution in [2.45, 2.75) is 19.9 Å². The second kappa shape index (κ2) is 7.62. The van der Waals surface area contributed by atoms with Crippen LogP contribution in [0.3, 0.4) is 0 Å². The number of anilines is 2. The van der Waals surface area contributed by atoms with Crippen molar-refractivity contribution in [3.63, 3.8) is 0 Å². The van der Waals surface area contributed by atoms with Crippen molar-refractivity contribution in [2.75, 3.05) is 24.4 Å². The Hall–Kier alpha value is -1.92. The van der Waals surface area contributed by atoms with E-state index in [0.29, 0.717) is 11.4 Å². The molecule has 1 aromatic carbocycles. The second-order valence-electron chi connectivity index (χ2n) is 4.82. The van der Waals surface area contributed by atoms with Crippen molar-refractivity contribution in [3.8, 4) is 0 Å². The van der Waals surface area contributed by atoms with Crippen molar-refractivity contribution < 1.29 is 14.3 Å². The Morgan fingerprint density at radius 3 is 2.10 bits per heavy atom. The maximum atomic E-state index is 11.8. The van der Waals surface area contributed by atoms with Gasteiger partial charge in [-0.3, -0.25) is 9.59 Å². The number of carbonyl (C=O) groups excluding carboxylic acids is 2. The van der Waals surface area contributed by atoms with E-state index in [0.717, 1.165) is 0 Å². The lowest BCUT2D eigenvalue weighted by Crippen LogP contribution is -2.39. The zero-order chi connectivity index (χ0) is 15.1. The van der Waals surface area contributed by atoms with Crippen LogP contribution in [0.25, 0.3) is 0 Å². The number of rotatable bonds is 6. The van der Waals surface area contributed by atoms with Crippen LogP contribution in [0, 0.1) is 5.92 Å². The number of hydrogen-bond donors (Lipinski definition) is 3. The van der Waals surface area contributed by atoms with Gasteiger partial charge in [-0.15, -0.1) is 0 Å². The number of carbonyl (C=O) groups is 2. The first-order valence-electron chi connectivity index (χ1n) is 6.39. The summed E-state index contributed by atoms with van der Waals surface area (Å²) in [7, 11) is 1.45. The molecule has 0 spiro atoms. The molecule has 0 radical (unpaired) electrons. The molecule has 1 atom stereocenters. The third kappa shape index (κ3) is 4.99. The largest absolute Gasteiger partial charge is 0.375 e. The van der Waals surface area contributed by atoms with Crippen LogP contribution in [0.2, 0.25) is 0 Å². The predicted octanol–water partition coefficient (Wildman–Crippen LogP) is 1.19. The van der Waals surface area contributed by atoms with Crippen LogP contribution in [0.15, 0.2) is 24.3 Å². The third-order valence-corrected chi connectivity index (χ3v) is 2.73. The Balaban J connectivity index is 2.58. The van der Waals surface area contributed by atoms with Crippen molar-refractivity contribution in [1.29, 1.82) is 0 Å². The molecule has 0 aromatic heterocycles. The fourth-order valence-corrected chi connectivity index (χ4v) is 1.49. The average Bonchev–Trinajstić information content (AvgIpc) is 2.40. The topological polar surface area (TPSA) is 93.5 Å². The zero-order valence-electron chi connectivity index (χ0n) is 12.0. The average molecular weight is 279 g/mol.